The highest BCUT2D eigenvalue weighted by Crippen LogP contribution is 2.34. The summed E-state index contributed by atoms with van der Waals surface area (Å²) in [6.45, 7) is 7.35. The number of benzene rings is 1. The van der Waals surface area contributed by atoms with Crippen LogP contribution in [0.4, 0.5) is 5.69 Å². The number of carbonyl (C=O) groups is 1. The van der Waals surface area contributed by atoms with Gasteiger partial charge in [-0.05, 0) is 24.0 Å². The summed E-state index contributed by atoms with van der Waals surface area (Å²) in [6, 6.07) is 3.65. The normalized spacial score (nSPS) is 12.0. The number of rotatable bonds is 4. The molecule has 0 fully saturated rings. The summed E-state index contributed by atoms with van der Waals surface area (Å²) in [5.41, 5.74) is 2.80. The molecule has 2 aromatic rings. The van der Waals surface area contributed by atoms with E-state index >= 15 is 0 Å². The van der Waals surface area contributed by atoms with Gasteiger partial charge in [0.15, 0.2) is 5.58 Å². The Morgan fingerprint density at radius 1 is 1.33 bits per heavy atom. The van der Waals surface area contributed by atoms with Crippen molar-refractivity contribution in [3.8, 4) is 0 Å². The highest BCUT2D eigenvalue weighted by atomic mass is 16.5. The highest BCUT2D eigenvalue weighted by molar-refractivity contribution is 6.07. The first-order valence-corrected chi connectivity index (χ1v) is 6.09. The first kappa shape index (κ1) is 12.7. The van der Waals surface area contributed by atoms with Gasteiger partial charge in [0.25, 0.3) is 0 Å². The second-order valence-electron chi connectivity index (χ2n) is 5.64. The Morgan fingerprint density at radius 2 is 2.00 bits per heavy atom. The quantitative estimate of drug-likeness (QED) is 0.842. The maximum atomic E-state index is 11.7. The van der Waals surface area contributed by atoms with Crippen molar-refractivity contribution in [3.05, 3.63) is 17.7 Å². The van der Waals surface area contributed by atoms with Gasteiger partial charge in [-0.3, -0.25) is 0 Å². The molecule has 0 unspecified atom stereocenters. The number of esters is 1. The molecular formula is C14H19NO3. The first-order valence-electron chi connectivity index (χ1n) is 6.09. The van der Waals surface area contributed by atoms with Crippen LogP contribution in [0.3, 0.4) is 0 Å². The topological polar surface area (TPSA) is 51.5 Å². The van der Waals surface area contributed by atoms with E-state index in [1.807, 2.05) is 6.07 Å². The van der Waals surface area contributed by atoms with E-state index < -0.39 is 0 Å². The zero-order chi connectivity index (χ0) is 13.3. The summed E-state index contributed by atoms with van der Waals surface area (Å²) in [4.78, 5) is 11.7. The molecule has 0 radical (unpaired) electrons. The molecule has 4 nitrogen and oxygen atoms in total. The molecule has 0 spiro atoms. The average Bonchev–Trinajstić information content (AvgIpc) is 2.86. The van der Waals surface area contributed by atoms with E-state index in [1.54, 1.807) is 6.07 Å². The molecule has 2 aromatic heterocycles. The van der Waals surface area contributed by atoms with E-state index in [2.05, 4.69) is 26.1 Å². The van der Waals surface area contributed by atoms with Crippen LogP contribution in [0.15, 0.2) is 16.5 Å². The molecule has 0 amide bonds. The lowest BCUT2D eigenvalue weighted by molar-refractivity contribution is 0.0603. The van der Waals surface area contributed by atoms with Gasteiger partial charge in [-0.25, -0.2) is 4.79 Å². The lowest BCUT2D eigenvalue weighted by Crippen LogP contribution is -2.14. The number of fused-ring (bicyclic) bond motifs is 2. The van der Waals surface area contributed by atoms with Gasteiger partial charge in [0.2, 0.25) is 0 Å². The van der Waals surface area contributed by atoms with Crippen LogP contribution >= 0.6 is 0 Å². The monoisotopic (exact) mass is 249 g/mol. The van der Waals surface area contributed by atoms with E-state index in [9.17, 15) is 4.79 Å². The number of hydrogen-bond donors (Lipinski definition) is 1. The number of anilines is 1. The van der Waals surface area contributed by atoms with Crippen LogP contribution in [0, 0.1) is 5.41 Å². The lowest BCUT2D eigenvalue weighted by Gasteiger charge is -2.18. The second kappa shape index (κ2) is 4.52. The van der Waals surface area contributed by atoms with E-state index in [0.717, 1.165) is 18.7 Å². The molecule has 2 heterocycles. The summed E-state index contributed by atoms with van der Waals surface area (Å²) >= 11 is 0. The predicted molar refractivity (Wildman–Crippen MR) is 71.3 cm³/mol. The smallest absolute Gasteiger partial charge is 0.343 e. The number of methoxy groups -OCH3 is 1. The van der Waals surface area contributed by atoms with Gasteiger partial charge < -0.3 is 14.5 Å². The summed E-state index contributed by atoms with van der Waals surface area (Å²) in [7, 11) is 1.38. The molecule has 0 saturated carbocycles. The van der Waals surface area contributed by atoms with Crippen LogP contribution in [-0.2, 0) is 4.74 Å². The summed E-state index contributed by atoms with van der Waals surface area (Å²) in [5, 5.41) is 3.28. The molecule has 1 N–H and O–H groups in total. The Hall–Kier alpha value is -1.71. The fourth-order valence-corrected chi connectivity index (χ4v) is 1.90. The molecule has 18 heavy (non-hydrogen) atoms. The van der Waals surface area contributed by atoms with Crippen molar-refractivity contribution in [2.45, 2.75) is 27.2 Å². The van der Waals surface area contributed by atoms with Crippen LogP contribution in [-0.4, -0.2) is 19.6 Å². The van der Waals surface area contributed by atoms with Gasteiger partial charge in [-0.15, -0.1) is 0 Å². The van der Waals surface area contributed by atoms with Crippen molar-refractivity contribution in [2.24, 2.45) is 5.41 Å². The minimum absolute atomic E-state index is 0.255. The molecule has 0 saturated heterocycles. The Labute approximate surface area is 107 Å². The molecule has 98 valence electrons. The van der Waals surface area contributed by atoms with Crippen molar-refractivity contribution >= 4 is 22.8 Å². The standard InChI is InChI=1S/C14H19NO3/c1-14(2,3)7-8-15-12-10-6-5-9(18-10)11(12)13(16)17-4/h5-6,15H,7-8H2,1-4H3. The third-order valence-corrected chi connectivity index (χ3v) is 2.92. The Kier molecular flexibility index (Phi) is 3.20. The second-order valence-corrected chi connectivity index (χ2v) is 5.64. The first-order chi connectivity index (χ1) is 8.42. The zero-order valence-corrected chi connectivity index (χ0v) is 11.3. The van der Waals surface area contributed by atoms with Gasteiger partial charge in [0, 0.05) is 6.54 Å². The van der Waals surface area contributed by atoms with Gasteiger partial charge in [-0.1, -0.05) is 20.8 Å². The molecule has 0 aliphatic carbocycles. The van der Waals surface area contributed by atoms with Crippen molar-refractivity contribution < 1.29 is 13.9 Å². The number of furan rings is 2. The highest BCUT2D eigenvalue weighted by Gasteiger charge is 2.23. The van der Waals surface area contributed by atoms with E-state index in [-0.39, 0.29) is 11.4 Å². The number of hydrogen-bond acceptors (Lipinski definition) is 4. The predicted octanol–water partition coefficient (Wildman–Crippen LogP) is 3.51. The third kappa shape index (κ3) is 2.42. The van der Waals surface area contributed by atoms with Gasteiger partial charge in [0.1, 0.15) is 11.1 Å². The minimum atomic E-state index is -0.359. The van der Waals surface area contributed by atoms with Crippen LogP contribution in [0.1, 0.15) is 37.6 Å². The maximum absolute atomic E-state index is 11.7. The lowest BCUT2D eigenvalue weighted by atomic mass is 9.92. The van der Waals surface area contributed by atoms with Crippen molar-refractivity contribution in [1.29, 1.82) is 0 Å². The van der Waals surface area contributed by atoms with Crippen LogP contribution in [0.2, 0.25) is 0 Å². The van der Waals surface area contributed by atoms with Crippen molar-refractivity contribution in [2.75, 3.05) is 19.0 Å². The summed E-state index contributed by atoms with van der Waals surface area (Å²) in [6.07, 6.45) is 1.01. The fourth-order valence-electron chi connectivity index (χ4n) is 1.90. The molecule has 0 aliphatic rings. The molecule has 4 heteroatoms. The van der Waals surface area contributed by atoms with E-state index in [1.165, 1.54) is 7.11 Å². The Morgan fingerprint density at radius 3 is 2.61 bits per heavy atom. The average molecular weight is 249 g/mol. The molecular weight excluding hydrogens is 230 g/mol. The summed E-state index contributed by atoms with van der Waals surface area (Å²) in [5.74, 6) is -0.359. The summed E-state index contributed by atoms with van der Waals surface area (Å²) < 4.78 is 10.3. The molecule has 0 atom stereocenters. The number of carbonyl (C=O) groups excluding carboxylic acids is 1. The van der Waals surface area contributed by atoms with Crippen molar-refractivity contribution in [1.82, 2.24) is 0 Å². The van der Waals surface area contributed by atoms with E-state index in [0.29, 0.717) is 16.7 Å². The Balaban J connectivity index is 2.16. The maximum Gasteiger partial charge on any atom is 0.343 e. The molecule has 2 bridgehead atoms. The Bertz CT molecular complexity index is 536. The van der Waals surface area contributed by atoms with Crippen LogP contribution in [0.5, 0.6) is 0 Å². The molecule has 2 rings (SSSR count). The zero-order valence-electron chi connectivity index (χ0n) is 11.3. The number of nitrogens with one attached hydrogen (secondary N) is 1. The largest absolute Gasteiger partial charge is 0.465 e. The third-order valence-electron chi connectivity index (χ3n) is 2.92. The minimum Gasteiger partial charge on any atom is -0.465 e. The van der Waals surface area contributed by atoms with Gasteiger partial charge >= 0.3 is 5.97 Å². The van der Waals surface area contributed by atoms with Crippen LogP contribution in [0.25, 0.3) is 11.2 Å². The molecule has 0 aromatic carbocycles. The van der Waals surface area contributed by atoms with Gasteiger partial charge in [-0.2, -0.15) is 0 Å². The van der Waals surface area contributed by atoms with Crippen molar-refractivity contribution in [3.63, 3.8) is 0 Å². The molecule has 0 aliphatic heterocycles. The number of ether oxygens (including phenoxy) is 1. The SMILES string of the molecule is COC(=O)c1c(NCCC(C)(C)C)c2ccc1o2. The van der Waals surface area contributed by atoms with E-state index in [4.69, 9.17) is 9.15 Å². The van der Waals surface area contributed by atoms with Gasteiger partial charge in [0.05, 0.1) is 12.8 Å². The fraction of sp³-hybridized carbons (Fsp3) is 0.500. The van der Waals surface area contributed by atoms with Crippen LogP contribution < -0.4 is 5.32 Å².